The van der Waals surface area contributed by atoms with E-state index in [0.29, 0.717) is 0 Å². The highest BCUT2D eigenvalue weighted by Gasteiger charge is 2.28. The van der Waals surface area contributed by atoms with Crippen molar-refractivity contribution < 1.29 is 8.75 Å². The van der Waals surface area contributed by atoms with Gasteiger partial charge in [-0.05, 0) is 73.6 Å². The molecule has 0 saturated carbocycles. The van der Waals surface area contributed by atoms with Crippen molar-refractivity contribution in [3.8, 4) is 0 Å². The van der Waals surface area contributed by atoms with Crippen molar-refractivity contribution in [2.75, 3.05) is 18.6 Å². The van der Waals surface area contributed by atoms with Gasteiger partial charge in [-0.25, -0.2) is 0 Å². The second-order valence-electron chi connectivity index (χ2n) is 10.6. The third-order valence-electron chi connectivity index (χ3n) is 6.97. The fourth-order valence-electron chi connectivity index (χ4n) is 5.41. The Kier molecular flexibility index (Phi) is 8.87. The quantitative estimate of drug-likeness (QED) is 0.151. The van der Waals surface area contributed by atoms with Gasteiger partial charge >= 0.3 is 0 Å². The van der Waals surface area contributed by atoms with Crippen molar-refractivity contribution in [2.45, 2.75) is 56.9 Å². The maximum absolute atomic E-state index is 5.28. The van der Waals surface area contributed by atoms with Gasteiger partial charge in [-0.2, -0.15) is 4.57 Å². The zero-order chi connectivity index (χ0) is 27.4. The van der Waals surface area contributed by atoms with Crippen LogP contribution in [0.5, 0.6) is 0 Å². The molecule has 6 heteroatoms. The smallest absolute Gasteiger partial charge is 0.262 e. The van der Waals surface area contributed by atoms with Gasteiger partial charge in [0, 0.05) is 40.5 Å². The summed E-state index contributed by atoms with van der Waals surface area (Å²) in [5.74, 6) is 0. The second-order valence-corrected chi connectivity index (χ2v) is 13.7. The molecule has 0 bridgehead atoms. The summed E-state index contributed by atoms with van der Waals surface area (Å²) in [6.07, 6.45) is 18.0. The summed E-state index contributed by atoms with van der Waals surface area (Å²) in [6, 6.07) is 15.2. The van der Waals surface area contributed by atoms with Crippen LogP contribution in [0.2, 0.25) is 0 Å². The Hall–Kier alpha value is -2.51. The van der Waals surface area contributed by atoms with Crippen molar-refractivity contribution in [2.24, 2.45) is 5.41 Å². The average Bonchev–Trinajstić information content (AvgIpc) is 3.44. The molecule has 202 valence electrons. The zero-order valence-corrected chi connectivity index (χ0v) is 25.9. The minimum absolute atomic E-state index is 0.232. The highest BCUT2D eigenvalue weighted by atomic mass is 32.2. The number of aryl methyl sites for hydroxylation is 1. The number of para-hydroxylation sites is 1. The molecular weight excluding hydrogens is 537 g/mol. The molecule has 39 heavy (non-hydrogen) atoms. The Balaban J connectivity index is 1.34. The van der Waals surface area contributed by atoms with E-state index in [-0.39, 0.29) is 5.41 Å². The lowest BCUT2D eigenvalue weighted by Gasteiger charge is -2.31. The molecule has 2 aromatic carbocycles. The zero-order valence-electron chi connectivity index (χ0n) is 23.4. The second kappa shape index (κ2) is 12.3. The number of allylic oxidation sites excluding steroid dienone is 8. The van der Waals surface area contributed by atoms with Gasteiger partial charge in [0.25, 0.3) is 5.01 Å². The highest BCUT2D eigenvalue weighted by Crippen LogP contribution is 2.48. The number of hydrogen-bond donors (Lipinski definition) is 0. The van der Waals surface area contributed by atoms with E-state index in [9.17, 15) is 0 Å². The lowest BCUT2D eigenvalue weighted by atomic mass is 9.75. The molecular formula is C33H37N2OS3+. The van der Waals surface area contributed by atoms with Gasteiger partial charge in [0.2, 0.25) is 5.52 Å². The largest absolute Gasteiger partial charge is 0.335 e. The molecule has 0 fully saturated rings. The van der Waals surface area contributed by atoms with Gasteiger partial charge in [-0.15, -0.1) is 0 Å². The molecule has 0 radical (unpaired) electrons. The molecule has 1 aromatic heterocycles. The van der Waals surface area contributed by atoms with Crippen molar-refractivity contribution in [3.63, 3.8) is 0 Å². The Morgan fingerprint density at radius 1 is 1.08 bits per heavy atom. The van der Waals surface area contributed by atoms with Crippen molar-refractivity contribution in [1.29, 1.82) is 0 Å². The van der Waals surface area contributed by atoms with E-state index in [1.807, 2.05) is 23.1 Å². The van der Waals surface area contributed by atoms with Gasteiger partial charge in [-0.1, -0.05) is 79.5 Å². The molecule has 5 rings (SSSR count). The van der Waals surface area contributed by atoms with E-state index >= 15 is 0 Å². The lowest BCUT2D eigenvalue weighted by Crippen LogP contribution is -2.33. The molecule has 1 aliphatic carbocycles. The predicted octanol–water partition coefficient (Wildman–Crippen LogP) is 9.58. The molecule has 0 N–H and O–H groups in total. The number of hydrogen-bond acceptors (Lipinski definition) is 5. The minimum atomic E-state index is 0.232. The highest BCUT2D eigenvalue weighted by molar-refractivity contribution is 8.03. The van der Waals surface area contributed by atoms with E-state index < -0.39 is 0 Å². The van der Waals surface area contributed by atoms with Crippen molar-refractivity contribution in [3.05, 3.63) is 100 Å². The summed E-state index contributed by atoms with van der Waals surface area (Å²) in [5, 5.41) is 2.59. The van der Waals surface area contributed by atoms with Crippen molar-refractivity contribution >= 4 is 57.1 Å². The maximum Gasteiger partial charge on any atom is 0.262 e. The normalized spacial score (nSPS) is 19.2. The SMILES string of the molecule is CCN1/C(=C/C2=CC(=C/C=C/C=C/c3sc4ccccc4[n+]3CC)/CC(C)(C)C2)Sc2ccc(SOC)cc21. The van der Waals surface area contributed by atoms with E-state index in [1.54, 1.807) is 7.11 Å². The molecule has 0 amide bonds. The van der Waals surface area contributed by atoms with E-state index in [4.69, 9.17) is 4.18 Å². The van der Waals surface area contributed by atoms with Crippen LogP contribution in [0, 0.1) is 5.41 Å². The van der Waals surface area contributed by atoms with E-state index in [2.05, 4.69) is 122 Å². The van der Waals surface area contributed by atoms with Crippen LogP contribution in [0.15, 0.2) is 105 Å². The first kappa shape index (κ1) is 28.0. The van der Waals surface area contributed by atoms with Gasteiger partial charge in [-0.3, -0.25) is 0 Å². The summed E-state index contributed by atoms with van der Waals surface area (Å²) < 4.78 is 9.00. The van der Waals surface area contributed by atoms with Crippen molar-refractivity contribution in [1.82, 2.24) is 0 Å². The number of aromatic nitrogens is 1. The standard InChI is InChI=1S/C33H37N2OS3/c1-6-34-27-14-11-12-15-29(27)37-31(34)16-10-8-9-13-24-19-25(23-33(3,4)22-24)20-32-35(7-2)28-21-26(39-36-5)17-18-30(28)38-32/h8-21H,6-7,22-23H2,1-5H3/q+1. The Morgan fingerprint density at radius 3 is 2.72 bits per heavy atom. The van der Waals surface area contributed by atoms with Crippen LogP contribution < -0.4 is 9.47 Å². The van der Waals surface area contributed by atoms with Crippen LogP contribution in [0.1, 0.15) is 45.5 Å². The molecule has 0 saturated heterocycles. The molecule has 0 atom stereocenters. The summed E-state index contributed by atoms with van der Waals surface area (Å²) >= 11 is 5.13. The number of fused-ring (bicyclic) bond motifs is 2. The van der Waals surface area contributed by atoms with Gasteiger partial charge in [0.1, 0.15) is 11.2 Å². The van der Waals surface area contributed by atoms with Crippen LogP contribution in [-0.4, -0.2) is 13.7 Å². The number of nitrogens with zero attached hydrogens (tertiary/aromatic N) is 2. The van der Waals surface area contributed by atoms with Crippen LogP contribution in [-0.2, 0) is 10.7 Å². The first-order valence-corrected chi connectivity index (χ1v) is 16.0. The molecule has 1 aliphatic heterocycles. The molecule has 2 heterocycles. The van der Waals surface area contributed by atoms with Crippen LogP contribution >= 0.6 is 35.1 Å². The van der Waals surface area contributed by atoms with E-state index in [0.717, 1.165) is 30.8 Å². The summed E-state index contributed by atoms with van der Waals surface area (Å²) in [5.41, 5.74) is 5.61. The van der Waals surface area contributed by atoms with Crippen LogP contribution in [0.4, 0.5) is 5.69 Å². The molecule has 0 spiro atoms. The van der Waals surface area contributed by atoms with Crippen LogP contribution in [0.3, 0.4) is 0 Å². The topological polar surface area (TPSA) is 16.4 Å². The Bertz CT molecular complexity index is 1510. The first-order valence-electron chi connectivity index (χ1n) is 13.6. The van der Waals surface area contributed by atoms with Gasteiger partial charge in [0.15, 0.2) is 0 Å². The Labute approximate surface area is 245 Å². The fourth-order valence-corrected chi connectivity index (χ4v) is 8.21. The Morgan fingerprint density at radius 2 is 1.92 bits per heavy atom. The third kappa shape index (κ3) is 6.46. The summed E-state index contributed by atoms with van der Waals surface area (Å²) in [6.45, 7) is 11.1. The molecule has 3 aromatic rings. The number of thiazole rings is 1. The monoisotopic (exact) mass is 573 g/mol. The average molecular weight is 574 g/mol. The maximum atomic E-state index is 5.28. The molecule has 0 unspecified atom stereocenters. The number of anilines is 1. The fraction of sp³-hybridized carbons (Fsp3) is 0.303. The number of rotatable bonds is 8. The minimum Gasteiger partial charge on any atom is -0.335 e. The van der Waals surface area contributed by atoms with Gasteiger partial charge in [0.05, 0.1) is 17.8 Å². The summed E-state index contributed by atoms with van der Waals surface area (Å²) in [4.78, 5) is 4.87. The lowest BCUT2D eigenvalue weighted by molar-refractivity contribution is -0.665. The molecule has 2 aliphatic rings. The molecule has 3 nitrogen and oxygen atoms in total. The third-order valence-corrected chi connectivity index (χ3v) is 9.82. The summed E-state index contributed by atoms with van der Waals surface area (Å²) in [7, 11) is 1.72. The first-order chi connectivity index (χ1) is 18.9. The number of benzene rings is 2. The number of thioether (sulfide) groups is 1. The predicted molar refractivity (Wildman–Crippen MR) is 171 cm³/mol. The van der Waals surface area contributed by atoms with Gasteiger partial charge < -0.3 is 9.08 Å². The van der Waals surface area contributed by atoms with E-state index in [1.165, 1.54) is 54.0 Å². The van der Waals surface area contributed by atoms with Crippen LogP contribution in [0.25, 0.3) is 16.3 Å².